The van der Waals surface area contributed by atoms with Gasteiger partial charge in [0.2, 0.25) is 0 Å². The van der Waals surface area contributed by atoms with E-state index in [1.165, 1.54) is 6.07 Å². The molecule has 2 atom stereocenters. The van der Waals surface area contributed by atoms with Crippen LogP contribution in [0, 0.1) is 11.7 Å². The van der Waals surface area contributed by atoms with Crippen molar-refractivity contribution in [1.82, 2.24) is 4.90 Å². The number of hydrogen-bond donors (Lipinski definition) is 1. The average Bonchev–Trinajstić information content (AvgIpc) is 2.81. The van der Waals surface area contributed by atoms with Crippen molar-refractivity contribution in [3.05, 3.63) is 41.2 Å². The van der Waals surface area contributed by atoms with Gasteiger partial charge in [-0.15, -0.1) is 0 Å². The van der Waals surface area contributed by atoms with Crippen LogP contribution in [0.25, 0.3) is 5.57 Å². The van der Waals surface area contributed by atoms with E-state index in [4.69, 9.17) is 9.47 Å². The molecule has 34 heavy (non-hydrogen) atoms. The van der Waals surface area contributed by atoms with E-state index in [1.54, 1.807) is 18.1 Å². The smallest absolute Gasteiger partial charge is 0.410 e. The molecule has 1 heterocycles. The van der Waals surface area contributed by atoms with Crippen molar-refractivity contribution in [1.29, 1.82) is 0 Å². The summed E-state index contributed by atoms with van der Waals surface area (Å²) in [4.78, 5) is 14.5. The number of benzene rings is 1. The number of carbonyl (C=O) groups is 1. The third-order valence-corrected chi connectivity index (χ3v) is 7.00. The number of piperidine rings is 1. The maximum atomic E-state index is 15.3. The lowest BCUT2D eigenvalue weighted by atomic mass is 9.71. The Morgan fingerprint density at radius 1 is 1.21 bits per heavy atom. The van der Waals surface area contributed by atoms with Crippen LogP contribution in [0.2, 0.25) is 0 Å². The summed E-state index contributed by atoms with van der Waals surface area (Å²) in [5, 5.41) is 12.4. The van der Waals surface area contributed by atoms with Crippen LogP contribution >= 0.6 is 0 Å². The number of unbranched alkanes of at least 4 members (excludes halogenated alkanes) is 1. The molecule has 0 bridgehead atoms. The van der Waals surface area contributed by atoms with Crippen LogP contribution < -0.4 is 0 Å². The van der Waals surface area contributed by atoms with Crippen LogP contribution in [-0.4, -0.2) is 48.5 Å². The highest BCUT2D eigenvalue weighted by Gasteiger charge is 2.43. The Balaban J connectivity index is 1.96. The minimum atomic E-state index is -1.25. The van der Waals surface area contributed by atoms with Crippen LogP contribution in [0.3, 0.4) is 0 Å². The highest BCUT2D eigenvalue weighted by Crippen LogP contribution is 2.44. The number of hydrogen-bond acceptors (Lipinski definition) is 4. The van der Waals surface area contributed by atoms with Crippen LogP contribution in [0.15, 0.2) is 24.3 Å². The molecule has 1 N–H and O–H groups in total. The van der Waals surface area contributed by atoms with Crippen molar-refractivity contribution >= 4 is 11.7 Å². The van der Waals surface area contributed by atoms with Crippen molar-refractivity contribution in [2.24, 2.45) is 5.92 Å². The van der Waals surface area contributed by atoms with Crippen molar-refractivity contribution in [2.75, 3.05) is 26.8 Å². The van der Waals surface area contributed by atoms with Crippen LogP contribution in [0.1, 0.15) is 89.7 Å². The molecule has 5 nitrogen and oxygen atoms in total. The summed E-state index contributed by atoms with van der Waals surface area (Å²) in [6, 6.07) is 5.08. The first-order valence-corrected chi connectivity index (χ1v) is 12.8. The second-order valence-electron chi connectivity index (χ2n) is 10.8. The molecule has 1 amide bonds. The van der Waals surface area contributed by atoms with Gasteiger partial charge in [0.25, 0.3) is 0 Å². The second kappa shape index (κ2) is 11.7. The van der Waals surface area contributed by atoms with E-state index in [0.717, 1.165) is 56.9 Å². The van der Waals surface area contributed by atoms with Gasteiger partial charge in [0.15, 0.2) is 0 Å². The fourth-order valence-electron chi connectivity index (χ4n) is 5.34. The van der Waals surface area contributed by atoms with Crippen molar-refractivity contribution in [3.8, 4) is 0 Å². The number of aliphatic hydroxyl groups is 1. The van der Waals surface area contributed by atoms with Gasteiger partial charge in [0.1, 0.15) is 11.4 Å². The lowest BCUT2D eigenvalue weighted by Gasteiger charge is -2.44. The molecule has 1 aromatic carbocycles. The molecule has 3 rings (SSSR count). The van der Waals surface area contributed by atoms with E-state index in [1.807, 2.05) is 26.8 Å². The minimum absolute atomic E-state index is 0.207. The summed E-state index contributed by atoms with van der Waals surface area (Å²) >= 11 is 0. The topological polar surface area (TPSA) is 59.0 Å². The summed E-state index contributed by atoms with van der Waals surface area (Å²) in [6.07, 6.45) is 9.28. The van der Waals surface area contributed by atoms with Gasteiger partial charge in [-0.1, -0.05) is 18.2 Å². The lowest BCUT2D eigenvalue weighted by molar-refractivity contribution is -0.0645. The Morgan fingerprint density at radius 3 is 2.68 bits per heavy atom. The Hall–Kier alpha value is -1.92. The normalized spacial score (nSPS) is 21.1. The Morgan fingerprint density at radius 2 is 2.00 bits per heavy atom. The van der Waals surface area contributed by atoms with E-state index in [0.29, 0.717) is 37.2 Å². The largest absolute Gasteiger partial charge is 0.444 e. The Kier molecular flexibility index (Phi) is 9.16. The SMILES string of the molecule is COCCCCC(O)(c1cccc(F)c1C1=CCCCC1)C1CCCN(C(=O)OC(C)(C)C)C1. The molecule has 0 aromatic heterocycles. The molecule has 0 saturated carbocycles. The van der Waals surface area contributed by atoms with Crippen LogP contribution in [0.5, 0.6) is 0 Å². The van der Waals surface area contributed by atoms with Crippen molar-refractivity contribution in [3.63, 3.8) is 0 Å². The fourth-order valence-corrected chi connectivity index (χ4v) is 5.34. The van der Waals surface area contributed by atoms with E-state index in [2.05, 4.69) is 6.08 Å². The maximum Gasteiger partial charge on any atom is 0.410 e. The maximum absolute atomic E-state index is 15.3. The van der Waals surface area contributed by atoms with Crippen molar-refractivity contribution < 1.29 is 23.8 Å². The summed E-state index contributed by atoms with van der Waals surface area (Å²) in [5.41, 5.74) is 0.391. The molecule has 0 radical (unpaired) electrons. The number of ether oxygens (including phenoxy) is 2. The number of rotatable bonds is 8. The molecule has 2 aliphatic rings. The molecule has 1 aromatic rings. The first-order valence-electron chi connectivity index (χ1n) is 12.8. The predicted octanol–water partition coefficient (Wildman–Crippen LogP) is 6.43. The van der Waals surface area contributed by atoms with E-state index in [-0.39, 0.29) is 17.8 Å². The number of amides is 1. The van der Waals surface area contributed by atoms with Gasteiger partial charge in [-0.25, -0.2) is 9.18 Å². The molecule has 1 aliphatic carbocycles. The number of halogens is 1. The van der Waals surface area contributed by atoms with Crippen molar-refractivity contribution in [2.45, 2.75) is 89.8 Å². The van der Waals surface area contributed by atoms with Gasteiger partial charge in [-0.3, -0.25) is 0 Å². The molecular formula is C28H42FNO4. The van der Waals surface area contributed by atoms with Gasteiger partial charge >= 0.3 is 6.09 Å². The Labute approximate surface area is 204 Å². The number of carbonyl (C=O) groups excluding carboxylic acids is 1. The first kappa shape index (κ1) is 26.7. The Bertz CT molecular complexity index is 862. The summed E-state index contributed by atoms with van der Waals surface area (Å²) in [6.45, 7) is 7.18. The fraction of sp³-hybridized carbons (Fsp3) is 0.679. The molecule has 0 spiro atoms. The van der Waals surface area contributed by atoms with Gasteiger partial charge in [-0.05, 0) is 95.8 Å². The monoisotopic (exact) mass is 475 g/mol. The molecule has 6 heteroatoms. The highest BCUT2D eigenvalue weighted by atomic mass is 19.1. The van der Waals surface area contributed by atoms with E-state index < -0.39 is 11.2 Å². The zero-order valence-corrected chi connectivity index (χ0v) is 21.4. The summed E-state index contributed by atoms with van der Waals surface area (Å²) < 4.78 is 26.1. The third kappa shape index (κ3) is 6.60. The average molecular weight is 476 g/mol. The van der Waals surface area contributed by atoms with Gasteiger partial charge in [-0.2, -0.15) is 0 Å². The minimum Gasteiger partial charge on any atom is -0.444 e. The van der Waals surface area contributed by atoms with E-state index >= 15 is 4.39 Å². The summed E-state index contributed by atoms with van der Waals surface area (Å²) in [5.74, 6) is -0.484. The third-order valence-electron chi connectivity index (χ3n) is 7.00. The molecule has 190 valence electrons. The summed E-state index contributed by atoms with van der Waals surface area (Å²) in [7, 11) is 1.67. The number of allylic oxidation sites excluding steroid dienone is 2. The van der Waals surface area contributed by atoms with Gasteiger partial charge in [0, 0.05) is 38.3 Å². The van der Waals surface area contributed by atoms with Crippen LogP contribution in [-0.2, 0) is 15.1 Å². The van der Waals surface area contributed by atoms with Gasteiger partial charge in [0.05, 0.1) is 5.60 Å². The predicted molar refractivity (Wildman–Crippen MR) is 133 cm³/mol. The molecule has 1 fully saturated rings. The second-order valence-corrected chi connectivity index (χ2v) is 10.8. The lowest BCUT2D eigenvalue weighted by Crippen LogP contribution is -2.49. The molecule has 2 unspecified atom stereocenters. The molecule has 1 aliphatic heterocycles. The zero-order chi connectivity index (χ0) is 24.8. The van der Waals surface area contributed by atoms with Gasteiger partial charge < -0.3 is 19.5 Å². The van der Waals surface area contributed by atoms with E-state index in [9.17, 15) is 9.90 Å². The first-order chi connectivity index (χ1) is 16.2. The number of likely N-dealkylation sites (tertiary alicyclic amines) is 1. The van der Waals surface area contributed by atoms with Crippen LogP contribution in [0.4, 0.5) is 9.18 Å². The standard InChI is InChI=1S/C28H42FNO4/c1-27(2,3)34-26(31)30-18-11-14-22(20-30)28(32,17-8-9-19-33-4)23-15-10-16-24(29)25(23)21-12-6-5-7-13-21/h10,12,15-16,22,32H,5-9,11,13-14,17-20H2,1-4H3. The highest BCUT2D eigenvalue weighted by molar-refractivity contribution is 5.71. The zero-order valence-electron chi connectivity index (χ0n) is 21.4. The molecule has 1 saturated heterocycles. The molecular weight excluding hydrogens is 433 g/mol. The number of nitrogens with zero attached hydrogens (tertiary/aromatic N) is 1. The number of methoxy groups -OCH3 is 1. The quantitative estimate of drug-likeness (QED) is 0.440.